The molecule has 1 aromatic heterocycles. The SMILES string of the molecule is CCc1ccc(CN2CC3C(C2)C3CN(C(=O)c2cc(C)on2)c2ccc(N3CCOCC3)c(F)c2)cc1. The van der Waals surface area contributed by atoms with Gasteiger partial charge >= 0.3 is 0 Å². The summed E-state index contributed by atoms with van der Waals surface area (Å²) in [5.74, 6) is 1.50. The van der Waals surface area contributed by atoms with E-state index in [1.165, 1.54) is 17.2 Å². The number of morpholine rings is 1. The van der Waals surface area contributed by atoms with Gasteiger partial charge in [0.1, 0.15) is 11.6 Å². The van der Waals surface area contributed by atoms with Gasteiger partial charge in [-0.2, -0.15) is 0 Å². The van der Waals surface area contributed by atoms with Crippen molar-refractivity contribution in [3.63, 3.8) is 0 Å². The first-order chi connectivity index (χ1) is 18.5. The predicted octanol–water partition coefficient (Wildman–Crippen LogP) is 4.55. The maximum Gasteiger partial charge on any atom is 0.280 e. The van der Waals surface area contributed by atoms with E-state index < -0.39 is 0 Å². The molecule has 7 nitrogen and oxygen atoms in total. The highest BCUT2D eigenvalue weighted by molar-refractivity contribution is 6.04. The smallest absolute Gasteiger partial charge is 0.280 e. The van der Waals surface area contributed by atoms with Crippen LogP contribution in [0.4, 0.5) is 15.8 Å². The van der Waals surface area contributed by atoms with Gasteiger partial charge in [0.25, 0.3) is 5.91 Å². The molecule has 2 saturated heterocycles. The monoisotopic (exact) mass is 518 g/mol. The molecule has 3 heterocycles. The zero-order valence-corrected chi connectivity index (χ0v) is 22.1. The molecule has 2 aliphatic heterocycles. The summed E-state index contributed by atoms with van der Waals surface area (Å²) in [6.45, 7) is 9.98. The standard InChI is InChI=1S/C30H35FN4O3/c1-3-21-4-6-22(7-5-21)16-33-17-24-25(18-33)26(24)19-35(30(36)28-14-20(2)38-32-28)23-8-9-29(27(31)15-23)34-10-12-37-13-11-34/h4-9,14-15,24-26H,3,10-13,16-19H2,1-2H3. The number of carbonyl (C=O) groups excluding carboxylic acids is 1. The van der Waals surface area contributed by atoms with E-state index in [-0.39, 0.29) is 17.4 Å². The van der Waals surface area contributed by atoms with Crippen LogP contribution in [0.15, 0.2) is 53.1 Å². The van der Waals surface area contributed by atoms with Gasteiger partial charge in [-0.25, -0.2) is 4.39 Å². The van der Waals surface area contributed by atoms with E-state index in [4.69, 9.17) is 9.26 Å². The molecule has 3 aromatic rings. The fourth-order valence-corrected chi connectivity index (χ4v) is 6.12. The Hall–Kier alpha value is -3.23. The number of benzene rings is 2. The van der Waals surface area contributed by atoms with Crippen LogP contribution in [-0.2, 0) is 17.7 Å². The Morgan fingerprint density at radius 3 is 2.39 bits per heavy atom. The van der Waals surface area contributed by atoms with Crippen LogP contribution in [0.5, 0.6) is 0 Å². The molecule has 200 valence electrons. The van der Waals surface area contributed by atoms with Crippen molar-refractivity contribution >= 4 is 17.3 Å². The van der Waals surface area contributed by atoms with Crippen LogP contribution in [-0.4, -0.2) is 61.9 Å². The second kappa shape index (κ2) is 10.5. The zero-order chi connectivity index (χ0) is 26.2. The summed E-state index contributed by atoms with van der Waals surface area (Å²) in [5, 5.41) is 3.96. The molecule has 1 saturated carbocycles. The molecule has 2 aromatic carbocycles. The van der Waals surface area contributed by atoms with Crippen LogP contribution in [0.1, 0.15) is 34.3 Å². The van der Waals surface area contributed by atoms with Crippen molar-refractivity contribution in [3.8, 4) is 0 Å². The number of hydrogen-bond acceptors (Lipinski definition) is 6. The summed E-state index contributed by atoms with van der Waals surface area (Å²) in [4.78, 5) is 19.7. The Morgan fingerprint density at radius 2 is 1.76 bits per heavy atom. The minimum absolute atomic E-state index is 0.252. The Bertz CT molecular complexity index is 1270. The van der Waals surface area contributed by atoms with E-state index in [0.29, 0.717) is 67.7 Å². The van der Waals surface area contributed by atoms with Crippen molar-refractivity contribution in [2.24, 2.45) is 17.8 Å². The molecule has 8 heteroatoms. The van der Waals surface area contributed by atoms with E-state index in [9.17, 15) is 4.79 Å². The Morgan fingerprint density at radius 1 is 1.05 bits per heavy atom. The number of hydrogen-bond donors (Lipinski definition) is 0. The van der Waals surface area contributed by atoms with Crippen molar-refractivity contribution in [2.75, 3.05) is 55.7 Å². The minimum Gasteiger partial charge on any atom is -0.378 e. The topological polar surface area (TPSA) is 62.0 Å². The first-order valence-electron chi connectivity index (χ1n) is 13.7. The van der Waals surface area contributed by atoms with Crippen LogP contribution in [0.25, 0.3) is 0 Å². The molecule has 3 aliphatic rings. The number of aromatic nitrogens is 1. The molecule has 38 heavy (non-hydrogen) atoms. The molecular weight excluding hydrogens is 483 g/mol. The third-order valence-electron chi connectivity index (χ3n) is 8.36. The van der Waals surface area contributed by atoms with Crippen molar-refractivity contribution in [1.82, 2.24) is 10.1 Å². The van der Waals surface area contributed by atoms with Crippen molar-refractivity contribution in [1.29, 1.82) is 0 Å². The van der Waals surface area contributed by atoms with Crippen LogP contribution in [0.3, 0.4) is 0 Å². The molecule has 0 bridgehead atoms. The quantitative estimate of drug-likeness (QED) is 0.436. The predicted molar refractivity (Wildman–Crippen MR) is 144 cm³/mol. The lowest BCUT2D eigenvalue weighted by Crippen LogP contribution is -2.37. The van der Waals surface area contributed by atoms with Gasteiger partial charge in [-0.15, -0.1) is 0 Å². The third kappa shape index (κ3) is 5.07. The number of likely N-dealkylation sites (tertiary alicyclic amines) is 1. The number of aryl methyl sites for hydroxylation is 2. The summed E-state index contributed by atoms with van der Waals surface area (Å²) in [7, 11) is 0. The molecule has 6 rings (SSSR count). The lowest BCUT2D eigenvalue weighted by molar-refractivity contribution is 0.0975. The highest BCUT2D eigenvalue weighted by Gasteiger charge is 2.56. The number of ether oxygens (including phenoxy) is 1. The summed E-state index contributed by atoms with van der Waals surface area (Å²) in [5.41, 5.74) is 4.06. The molecule has 0 N–H and O–H groups in total. The van der Waals surface area contributed by atoms with Crippen molar-refractivity contribution in [3.05, 3.63) is 76.9 Å². The summed E-state index contributed by atoms with van der Waals surface area (Å²) in [6.07, 6.45) is 1.05. The summed E-state index contributed by atoms with van der Waals surface area (Å²) < 4.78 is 25.9. The van der Waals surface area contributed by atoms with E-state index in [0.717, 1.165) is 26.1 Å². The molecule has 2 atom stereocenters. The van der Waals surface area contributed by atoms with Gasteiger partial charge in [0.15, 0.2) is 5.69 Å². The molecule has 2 unspecified atom stereocenters. The molecule has 0 radical (unpaired) electrons. The molecule has 0 spiro atoms. The van der Waals surface area contributed by atoms with Crippen LogP contribution in [0.2, 0.25) is 0 Å². The zero-order valence-electron chi connectivity index (χ0n) is 22.1. The number of nitrogens with zero attached hydrogens (tertiary/aromatic N) is 4. The highest BCUT2D eigenvalue weighted by atomic mass is 19.1. The Kier molecular flexibility index (Phi) is 6.93. The fraction of sp³-hybridized carbons (Fsp3) is 0.467. The number of carbonyl (C=O) groups is 1. The van der Waals surface area contributed by atoms with Gasteiger partial charge in [-0.05, 0) is 60.4 Å². The normalized spacial score (nSPS) is 22.9. The van der Waals surface area contributed by atoms with E-state index >= 15 is 4.39 Å². The third-order valence-corrected chi connectivity index (χ3v) is 8.36. The number of anilines is 2. The Labute approximate surface area is 223 Å². The first kappa shape index (κ1) is 25.1. The minimum atomic E-state index is -0.324. The second-order valence-corrected chi connectivity index (χ2v) is 10.8. The largest absolute Gasteiger partial charge is 0.378 e. The maximum atomic E-state index is 15.3. The number of halogens is 1. The summed E-state index contributed by atoms with van der Waals surface area (Å²) in [6, 6.07) is 15.7. The molecule has 3 fully saturated rings. The first-order valence-corrected chi connectivity index (χ1v) is 13.7. The van der Waals surface area contributed by atoms with E-state index in [1.807, 2.05) is 11.0 Å². The highest BCUT2D eigenvalue weighted by Crippen LogP contribution is 2.52. The fourth-order valence-electron chi connectivity index (χ4n) is 6.12. The van der Waals surface area contributed by atoms with Crippen molar-refractivity contribution in [2.45, 2.75) is 26.8 Å². The van der Waals surface area contributed by atoms with Gasteiger partial charge < -0.3 is 19.1 Å². The molecule has 1 aliphatic carbocycles. The van der Waals surface area contributed by atoms with Crippen LogP contribution >= 0.6 is 0 Å². The molecular formula is C30H35FN4O3. The Balaban J connectivity index is 1.16. The second-order valence-electron chi connectivity index (χ2n) is 10.8. The number of rotatable bonds is 8. The van der Waals surface area contributed by atoms with Gasteiger partial charge in [0, 0.05) is 51.0 Å². The summed E-state index contributed by atoms with van der Waals surface area (Å²) >= 11 is 0. The van der Waals surface area contributed by atoms with Gasteiger partial charge in [-0.1, -0.05) is 36.3 Å². The number of piperidine rings is 1. The van der Waals surface area contributed by atoms with Gasteiger partial charge in [0.2, 0.25) is 0 Å². The van der Waals surface area contributed by atoms with Crippen LogP contribution in [0, 0.1) is 30.5 Å². The van der Waals surface area contributed by atoms with E-state index in [2.05, 4.69) is 41.2 Å². The number of amides is 1. The lowest BCUT2D eigenvalue weighted by Gasteiger charge is -2.30. The van der Waals surface area contributed by atoms with Crippen LogP contribution < -0.4 is 9.80 Å². The van der Waals surface area contributed by atoms with Gasteiger partial charge in [0.05, 0.1) is 18.9 Å². The number of fused-ring (bicyclic) bond motifs is 1. The molecule has 1 amide bonds. The van der Waals surface area contributed by atoms with Gasteiger partial charge in [-0.3, -0.25) is 9.69 Å². The van der Waals surface area contributed by atoms with Crippen molar-refractivity contribution < 1.29 is 18.4 Å². The lowest BCUT2D eigenvalue weighted by atomic mass is 10.1. The average Bonchev–Trinajstić information content (AvgIpc) is 3.23. The average molecular weight is 519 g/mol. The maximum absolute atomic E-state index is 15.3. The van der Waals surface area contributed by atoms with E-state index in [1.54, 1.807) is 24.0 Å².